The normalized spacial score (nSPS) is 12.0. The smallest absolute Gasteiger partial charge is 0.296 e. The first kappa shape index (κ1) is 10.7. The number of nitrogens with zero attached hydrogens (tertiary/aromatic N) is 2. The summed E-state index contributed by atoms with van der Waals surface area (Å²) >= 11 is 0. The van der Waals surface area contributed by atoms with E-state index < -0.39 is 12.0 Å². The van der Waals surface area contributed by atoms with Crippen LogP contribution in [0.4, 0.5) is 13.2 Å². The molecule has 0 N–H and O–H groups in total. The second kappa shape index (κ2) is 3.33. The van der Waals surface area contributed by atoms with Gasteiger partial charge in [0.05, 0.1) is 5.52 Å². The van der Waals surface area contributed by atoms with Crippen molar-refractivity contribution in [1.82, 2.24) is 9.38 Å². The van der Waals surface area contributed by atoms with Crippen LogP contribution >= 0.6 is 0 Å². The van der Waals surface area contributed by atoms with E-state index in [1.807, 2.05) is 0 Å². The number of hydrogen-bond acceptors (Lipinski definition) is 2. The van der Waals surface area contributed by atoms with E-state index >= 15 is 0 Å². The molecule has 2 heterocycles. The molecule has 0 atom stereocenters. The Labute approximate surface area is 88.5 Å². The Morgan fingerprint density at radius 3 is 2.62 bits per heavy atom. The highest BCUT2D eigenvalue weighted by Gasteiger charge is 2.37. The second-order valence-corrected chi connectivity index (χ2v) is 3.32. The molecule has 6 heteroatoms. The zero-order chi connectivity index (χ0) is 11.9. The number of alkyl halides is 3. The molecule has 0 aromatic carbocycles. The average Bonchev–Trinajstić information content (AvgIpc) is 2.57. The van der Waals surface area contributed by atoms with E-state index in [0.717, 1.165) is 4.40 Å². The van der Waals surface area contributed by atoms with Gasteiger partial charge < -0.3 is 0 Å². The lowest BCUT2D eigenvalue weighted by Crippen LogP contribution is -2.12. The van der Waals surface area contributed by atoms with Gasteiger partial charge in [-0.1, -0.05) is 6.07 Å². The van der Waals surface area contributed by atoms with Gasteiger partial charge >= 0.3 is 6.18 Å². The SMILES string of the molecule is Cc1cccc2c(C=O)nc(C(F)(F)F)n12. The molecule has 84 valence electrons. The third-order valence-corrected chi connectivity index (χ3v) is 2.25. The predicted molar refractivity (Wildman–Crippen MR) is 50.3 cm³/mol. The number of pyridine rings is 1. The van der Waals surface area contributed by atoms with Gasteiger partial charge in [0.15, 0.2) is 6.29 Å². The van der Waals surface area contributed by atoms with Gasteiger partial charge in [-0.25, -0.2) is 4.98 Å². The zero-order valence-electron chi connectivity index (χ0n) is 8.25. The highest BCUT2D eigenvalue weighted by Crippen LogP contribution is 2.30. The Morgan fingerprint density at radius 2 is 2.06 bits per heavy atom. The average molecular weight is 228 g/mol. The Kier molecular flexibility index (Phi) is 2.22. The number of aromatic nitrogens is 2. The van der Waals surface area contributed by atoms with Crippen LogP contribution in [0.2, 0.25) is 0 Å². The summed E-state index contributed by atoms with van der Waals surface area (Å²) in [6.07, 6.45) is -4.25. The Morgan fingerprint density at radius 1 is 1.38 bits per heavy atom. The van der Waals surface area contributed by atoms with Crippen molar-refractivity contribution < 1.29 is 18.0 Å². The third-order valence-electron chi connectivity index (χ3n) is 2.25. The zero-order valence-corrected chi connectivity index (χ0v) is 8.25. The van der Waals surface area contributed by atoms with Gasteiger partial charge in [-0.15, -0.1) is 0 Å². The maximum Gasteiger partial charge on any atom is 0.450 e. The fraction of sp³-hybridized carbons (Fsp3) is 0.200. The van der Waals surface area contributed by atoms with Crippen molar-refractivity contribution >= 4 is 11.8 Å². The summed E-state index contributed by atoms with van der Waals surface area (Å²) in [5.41, 5.74) is 0.351. The van der Waals surface area contributed by atoms with Crippen LogP contribution in [0.3, 0.4) is 0 Å². The molecule has 0 aliphatic heterocycles. The lowest BCUT2D eigenvalue weighted by Gasteiger charge is -2.07. The van der Waals surface area contributed by atoms with E-state index in [0.29, 0.717) is 12.0 Å². The molecule has 2 aromatic heterocycles. The highest BCUT2D eigenvalue weighted by molar-refractivity contribution is 5.84. The van der Waals surface area contributed by atoms with E-state index in [4.69, 9.17) is 0 Å². The van der Waals surface area contributed by atoms with Crippen LogP contribution in [0.15, 0.2) is 18.2 Å². The molecule has 0 saturated heterocycles. The molecule has 3 nitrogen and oxygen atoms in total. The van der Waals surface area contributed by atoms with E-state index in [-0.39, 0.29) is 11.2 Å². The number of aldehydes is 1. The number of hydrogen-bond donors (Lipinski definition) is 0. The van der Waals surface area contributed by atoms with Crippen molar-refractivity contribution in [2.45, 2.75) is 13.1 Å². The van der Waals surface area contributed by atoms with Crippen LogP contribution in [-0.2, 0) is 6.18 Å². The molecule has 0 amide bonds. The highest BCUT2D eigenvalue weighted by atomic mass is 19.4. The summed E-state index contributed by atoms with van der Waals surface area (Å²) in [6, 6.07) is 4.54. The minimum absolute atomic E-state index is 0.169. The quantitative estimate of drug-likeness (QED) is 0.702. The number of carbonyl (C=O) groups is 1. The summed E-state index contributed by atoms with van der Waals surface area (Å²) in [4.78, 5) is 13.9. The molecule has 2 aromatic rings. The minimum atomic E-state index is -4.57. The van der Waals surface area contributed by atoms with Crippen LogP contribution in [0.1, 0.15) is 22.0 Å². The molecule has 0 bridgehead atoms. The van der Waals surface area contributed by atoms with Crippen molar-refractivity contribution in [3.8, 4) is 0 Å². The summed E-state index contributed by atoms with van der Waals surface area (Å²) in [5, 5.41) is 0. The second-order valence-electron chi connectivity index (χ2n) is 3.32. The minimum Gasteiger partial charge on any atom is -0.296 e. The predicted octanol–water partition coefficient (Wildman–Crippen LogP) is 2.47. The topological polar surface area (TPSA) is 34.4 Å². The van der Waals surface area contributed by atoms with Gasteiger partial charge in [-0.2, -0.15) is 13.2 Å². The standard InChI is InChI=1S/C10H7F3N2O/c1-6-3-2-4-8-7(5-16)14-9(15(6)8)10(11,12)13/h2-5H,1H3. The molecule has 0 saturated carbocycles. The Bertz CT molecular complexity index is 557. The first-order chi connectivity index (χ1) is 7.45. The van der Waals surface area contributed by atoms with Gasteiger partial charge in [-0.3, -0.25) is 9.20 Å². The van der Waals surface area contributed by atoms with Crippen molar-refractivity contribution in [2.24, 2.45) is 0 Å². The van der Waals surface area contributed by atoms with Gasteiger partial charge in [0.2, 0.25) is 5.82 Å². The van der Waals surface area contributed by atoms with E-state index in [2.05, 4.69) is 4.98 Å². The number of halogens is 3. The molecule has 0 aliphatic rings. The largest absolute Gasteiger partial charge is 0.450 e. The van der Waals surface area contributed by atoms with E-state index in [9.17, 15) is 18.0 Å². The molecule has 0 fully saturated rings. The summed E-state index contributed by atoms with van der Waals surface area (Å²) in [6.45, 7) is 1.53. The summed E-state index contributed by atoms with van der Waals surface area (Å²) < 4.78 is 38.9. The van der Waals surface area contributed by atoms with Gasteiger partial charge in [0.25, 0.3) is 0 Å². The van der Waals surface area contributed by atoms with Crippen LogP contribution in [0.25, 0.3) is 5.52 Å². The van der Waals surface area contributed by atoms with Gasteiger partial charge in [0, 0.05) is 5.69 Å². The van der Waals surface area contributed by atoms with Crippen molar-refractivity contribution in [3.05, 3.63) is 35.4 Å². The Hall–Kier alpha value is -1.85. The van der Waals surface area contributed by atoms with Crippen LogP contribution in [0, 0.1) is 6.92 Å². The maximum atomic E-state index is 12.6. The van der Waals surface area contributed by atoms with Gasteiger partial charge in [-0.05, 0) is 19.1 Å². The summed E-state index contributed by atoms with van der Waals surface area (Å²) in [7, 11) is 0. The summed E-state index contributed by atoms with van der Waals surface area (Å²) in [5.74, 6) is -1.07. The number of rotatable bonds is 1. The molecular formula is C10H7F3N2O. The van der Waals surface area contributed by atoms with Gasteiger partial charge in [0.1, 0.15) is 5.69 Å². The maximum absolute atomic E-state index is 12.6. The van der Waals surface area contributed by atoms with Crippen molar-refractivity contribution in [2.75, 3.05) is 0 Å². The van der Waals surface area contributed by atoms with Crippen LogP contribution < -0.4 is 0 Å². The fourth-order valence-corrected chi connectivity index (χ4v) is 1.60. The molecule has 0 unspecified atom stereocenters. The third kappa shape index (κ3) is 1.46. The molecular weight excluding hydrogens is 221 g/mol. The fourth-order valence-electron chi connectivity index (χ4n) is 1.60. The van der Waals surface area contributed by atoms with E-state index in [1.165, 1.54) is 19.1 Å². The molecule has 0 aliphatic carbocycles. The first-order valence-corrected chi connectivity index (χ1v) is 4.45. The Balaban J connectivity index is 2.90. The number of fused-ring (bicyclic) bond motifs is 1. The van der Waals surface area contributed by atoms with Crippen LogP contribution in [0.5, 0.6) is 0 Å². The molecule has 16 heavy (non-hydrogen) atoms. The lowest BCUT2D eigenvalue weighted by molar-refractivity contribution is -0.145. The molecule has 2 rings (SSSR count). The number of carbonyl (C=O) groups excluding carboxylic acids is 1. The number of imidazole rings is 1. The lowest BCUT2D eigenvalue weighted by atomic mass is 10.3. The van der Waals surface area contributed by atoms with Crippen LogP contribution in [-0.4, -0.2) is 15.7 Å². The molecule has 0 spiro atoms. The monoisotopic (exact) mass is 228 g/mol. The van der Waals surface area contributed by atoms with E-state index in [1.54, 1.807) is 6.07 Å². The van der Waals surface area contributed by atoms with Crippen molar-refractivity contribution in [3.63, 3.8) is 0 Å². The first-order valence-electron chi connectivity index (χ1n) is 4.45. The molecule has 0 radical (unpaired) electrons. The van der Waals surface area contributed by atoms with Crippen molar-refractivity contribution in [1.29, 1.82) is 0 Å². The number of aryl methyl sites for hydroxylation is 1.